The number of hydrogen-bond acceptors (Lipinski definition) is 3. The van der Waals surface area contributed by atoms with Gasteiger partial charge in [0.15, 0.2) is 6.29 Å². The fourth-order valence-electron chi connectivity index (χ4n) is 0.813. The molecule has 0 aliphatic rings. The Balaban J connectivity index is 3.36. The molecule has 3 nitrogen and oxygen atoms in total. The highest BCUT2D eigenvalue weighted by Gasteiger charge is 2.05. The number of nitrogens with zero attached hydrogens (tertiary/aromatic N) is 2. The lowest BCUT2D eigenvalue weighted by molar-refractivity contribution is 0.112. The number of halogens is 1. The van der Waals surface area contributed by atoms with Crippen molar-refractivity contribution in [3.63, 3.8) is 0 Å². The highest BCUT2D eigenvalue weighted by atomic mass is 35.5. The number of aromatic nitrogens is 2. The summed E-state index contributed by atoms with van der Waals surface area (Å²) in [5.74, 6) is 0.582. The first-order valence-electron chi connectivity index (χ1n) is 3.11. The SMILES string of the molecule is Cc1nc(C)c(C=O)c(Cl)n1. The van der Waals surface area contributed by atoms with Gasteiger partial charge in [0, 0.05) is 0 Å². The van der Waals surface area contributed by atoms with E-state index in [-0.39, 0.29) is 5.15 Å². The fourth-order valence-corrected chi connectivity index (χ4v) is 1.12. The predicted octanol–water partition coefficient (Wildman–Crippen LogP) is 1.56. The van der Waals surface area contributed by atoms with Crippen molar-refractivity contribution in [3.8, 4) is 0 Å². The van der Waals surface area contributed by atoms with E-state index in [1.807, 2.05) is 0 Å². The highest BCUT2D eigenvalue weighted by molar-refractivity contribution is 6.31. The molecule has 58 valence electrons. The van der Waals surface area contributed by atoms with Crippen LogP contribution < -0.4 is 0 Å². The molecular formula is C7H7ClN2O. The Bertz CT molecular complexity index is 275. The normalized spacial score (nSPS) is 9.73. The van der Waals surface area contributed by atoms with Gasteiger partial charge < -0.3 is 0 Å². The molecule has 0 N–H and O–H groups in total. The van der Waals surface area contributed by atoms with Crippen LogP contribution in [0.15, 0.2) is 0 Å². The summed E-state index contributed by atoms with van der Waals surface area (Å²) >= 11 is 5.65. The summed E-state index contributed by atoms with van der Waals surface area (Å²) in [6, 6.07) is 0. The summed E-state index contributed by atoms with van der Waals surface area (Å²) in [5.41, 5.74) is 0.995. The first-order valence-corrected chi connectivity index (χ1v) is 3.49. The van der Waals surface area contributed by atoms with Crippen molar-refractivity contribution >= 4 is 17.9 Å². The van der Waals surface area contributed by atoms with Crippen molar-refractivity contribution in [1.82, 2.24) is 9.97 Å². The topological polar surface area (TPSA) is 42.9 Å². The Kier molecular flexibility index (Phi) is 2.19. The number of aldehydes is 1. The maximum Gasteiger partial charge on any atom is 0.154 e. The van der Waals surface area contributed by atoms with Crippen LogP contribution in [0.4, 0.5) is 0 Å². The lowest BCUT2D eigenvalue weighted by Gasteiger charge is -1.99. The van der Waals surface area contributed by atoms with Gasteiger partial charge in [0.2, 0.25) is 0 Å². The van der Waals surface area contributed by atoms with Gasteiger partial charge >= 0.3 is 0 Å². The Morgan fingerprint density at radius 1 is 1.36 bits per heavy atom. The molecule has 0 atom stereocenters. The Morgan fingerprint density at radius 2 is 2.00 bits per heavy atom. The summed E-state index contributed by atoms with van der Waals surface area (Å²) < 4.78 is 0. The van der Waals surface area contributed by atoms with Gasteiger partial charge in [-0.25, -0.2) is 9.97 Å². The third kappa shape index (κ3) is 1.54. The molecule has 0 amide bonds. The van der Waals surface area contributed by atoms with Gasteiger partial charge in [-0.1, -0.05) is 11.6 Å². The van der Waals surface area contributed by atoms with Crippen molar-refractivity contribution in [1.29, 1.82) is 0 Å². The van der Waals surface area contributed by atoms with E-state index in [0.717, 1.165) is 0 Å². The number of carbonyl (C=O) groups is 1. The summed E-state index contributed by atoms with van der Waals surface area (Å²) in [6.07, 6.45) is 0.664. The van der Waals surface area contributed by atoms with Crippen LogP contribution in [0, 0.1) is 13.8 Å². The van der Waals surface area contributed by atoms with Crippen LogP contribution in [-0.4, -0.2) is 16.3 Å². The summed E-state index contributed by atoms with van der Waals surface area (Å²) in [4.78, 5) is 18.2. The van der Waals surface area contributed by atoms with Crippen molar-refractivity contribution < 1.29 is 4.79 Å². The number of carbonyl (C=O) groups excluding carboxylic acids is 1. The van der Waals surface area contributed by atoms with Gasteiger partial charge in [-0.2, -0.15) is 0 Å². The van der Waals surface area contributed by atoms with E-state index >= 15 is 0 Å². The average molecular weight is 171 g/mol. The Hall–Kier alpha value is -0.960. The molecule has 0 aliphatic heterocycles. The Labute approximate surface area is 69.4 Å². The largest absolute Gasteiger partial charge is 0.298 e. The second-order valence-corrected chi connectivity index (χ2v) is 2.54. The molecule has 0 bridgehead atoms. The first-order chi connectivity index (χ1) is 5.15. The molecule has 0 aliphatic carbocycles. The van der Waals surface area contributed by atoms with E-state index in [1.54, 1.807) is 13.8 Å². The maximum absolute atomic E-state index is 10.4. The maximum atomic E-state index is 10.4. The molecule has 1 rings (SSSR count). The van der Waals surface area contributed by atoms with Crippen LogP contribution in [0.3, 0.4) is 0 Å². The zero-order valence-electron chi connectivity index (χ0n) is 6.26. The van der Waals surface area contributed by atoms with Crippen LogP contribution in [0.2, 0.25) is 5.15 Å². The molecule has 0 saturated heterocycles. The van der Waals surface area contributed by atoms with Crippen LogP contribution in [0.5, 0.6) is 0 Å². The molecule has 11 heavy (non-hydrogen) atoms. The minimum atomic E-state index is 0.227. The smallest absolute Gasteiger partial charge is 0.154 e. The molecule has 1 aromatic heterocycles. The zero-order chi connectivity index (χ0) is 8.43. The second kappa shape index (κ2) is 2.96. The average Bonchev–Trinajstić information content (AvgIpc) is 1.85. The van der Waals surface area contributed by atoms with Gasteiger partial charge in [-0.15, -0.1) is 0 Å². The quantitative estimate of drug-likeness (QED) is 0.475. The van der Waals surface area contributed by atoms with Crippen molar-refractivity contribution in [2.45, 2.75) is 13.8 Å². The van der Waals surface area contributed by atoms with E-state index in [2.05, 4.69) is 9.97 Å². The molecule has 0 unspecified atom stereocenters. The van der Waals surface area contributed by atoms with Crippen molar-refractivity contribution in [3.05, 3.63) is 22.2 Å². The van der Waals surface area contributed by atoms with Crippen LogP contribution in [0.1, 0.15) is 21.9 Å². The van der Waals surface area contributed by atoms with E-state index in [1.165, 1.54) is 0 Å². The van der Waals surface area contributed by atoms with E-state index < -0.39 is 0 Å². The van der Waals surface area contributed by atoms with Gasteiger partial charge in [0.25, 0.3) is 0 Å². The van der Waals surface area contributed by atoms with E-state index in [9.17, 15) is 4.79 Å². The zero-order valence-corrected chi connectivity index (χ0v) is 7.01. The third-order valence-electron chi connectivity index (χ3n) is 1.32. The van der Waals surface area contributed by atoms with Gasteiger partial charge in [0.1, 0.15) is 11.0 Å². The van der Waals surface area contributed by atoms with Crippen molar-refractivity contribution in [2.24, 2.45) is 0 Å². The molecule has 4 heteroatoms. The number of rotatable bonds is 1. The van der Waals surface area contributed by atoms with Crippen LogP contribution in [0.25, 0.3) is 0 Å². The third-order valence-corrected chi connectivity index (χ3v) is 1.61. The standard InChI is InChI=1S/C7H7ClN2O/c1-4-6(3-11)7(8)10-5(2)9-4/h3H,1-2H3. The molecular weight excluding hydrogens is 164 g/mol. The number of aryl methyl sites for hydroxylation is 2. The minimum absolute atomic E-state index is 0.227. The highest BCUT2D eigenvalue weighted by Crippen LogP contribution is 2.12. The molecule has 0 saturated carbocycles. The molecule has 0 aromatic carbocycles. The fraction of sp³-hybridized carbons (Fsp3) is 0.286. The predicted molar refractivity (Wildman–Crippen MR) is 41.9 cm³/mol. The van der Waals surface area contributed by atoms with Gasteiger partial charge in [-0.3, -0.25) is 4.79 Å². The van der Waals surface area contributed by atoms with Gasteiger partial charge in [-0.05, 0) is 13.8 Å². The monoisotopic (exact) mass is 170 g/mol. The first kappa shape index (κ1) is 8.14. The van der Waals surface area contributed by atoms with Gasteiger partial charge in [0.05, 0.1) is 11.3 Å². The minimum Gasteiger partial charge on any atom is -0.298 e. The summed E-state index contributed by atoms with van der Waals surface area (Å²) in [7, 11) is 0. The van der Waals surface area contributed by atoms with Crippen LogP contribution >= 0.6 is 11.6 Å². The second-order valence-electron chi connectivity index (χ2n) is 2.18. The summed E-state index contributed by atoms with van der Waals surface area (Å²) in [5, 5.41) is 0.227. The molecule has 0 spiro atoms. The molecule has 0 radical (unpaired) electrons. The lowest BCUT2D eigenvalue weighted by Crippen LogP contribution is -1.98. The lowest BCUT2D eigenvalue weighted by atomic mass is 10.3. The molecule has 1 aromatic rings. The Morgan fingerprint density at radius 3 is 2.45 bits per heavy atom. The van der Waals surface area contributed by atoms with Crippen molar-refractivity contribution in [2.75, 3.05) is 0 Å². The number of hydrogen-bond donors (Lipinski definition) is 0. The van der Waals surface area contributed by atoms with E-state index in [0.29, 0.717) is 23.4 Å². The molecule has 1 heterocycles. The van der Waals surface area contributed by atoms with E-state index in [4.69, 9.17) is 11.6 Å². The summed E-state index contributed by atoms with van der Waals surface area (Å²) in [6.45, 7) is 3.46. The molecule has 0 fully saturated rings. The van der Waals surface area contributed by atoms with Crippen LogP contribution in [-0.2, 0) is 0 Å².